The van der Waals surface area contributed by atoms with Gasteiger partial charge in [0.15, 0.2) is 0 Å². The third-order valence-electron chi connectivity index (χ3n) is 5.15. The van der Waals surface area contributed by atoms with E-state index in [1.807, 2.05) is 30.5 Å². The Hall–Kier alpha value is -1.32. The summed E-state index contributed by atoms with van der Waals surface area (Å²) in [4.78, 5) is 7.14. The molecule has 3 rings (SSSR count). The van der Waals surface area contributed by atoms with Gasteiger partial charge >= 0.3 is 0 Å². The molecule has 0 fully saturated rings. The average molecular weight is 434 g/mol. The highest BCUT2D eigenvalue weighted by atomic mass is 79.9. The number of benzene rings is 2. The fourth-order valence-corrected chi connectivity index (χ4v) is 4.56. The lowest BCUT2D eigenvalue weighted by molar-refractivity contribution is 0.376. The van der Waals surface area contributed by atoms with Crippen LogP contribution >= 0.6 is 27.5 Å². The molecule has 0 radical (unpaired) electrons. The van der Waals surface area contributed by atoms with Crippen LogP contribution in [0.5, 0.6) is 0 Å². The van der Waals surface area contributed by atoms with Crippen LogP contribution in [0.15, 0.2) is 45.9 Å². The van der Waals surface area contributed by atoms with Crippen molar-refractivity contribution in [1.82, 2.24) is 0 Å². The van der Waals surface area contributed by atoms with Crippen molar-refractivity contribution in [3.8, 4) is 0 Å². The van der Waals surface area contributed by atoms with Crippen molar-refractivity contribution in [1.29, 1.82) is 0 Å². The van der Waals surface area contributed by atoms with E-state index in [1.165, 1.54) is 11.3 Å². The van der Waals surface area contributed by atoms with Gasteiger partial charge in [-0.25, -0.2) is 0 Å². The fourth-order valence-electron chi connectivity index (χ4n) is 3.96. The first-order valence-corrected chi connectivity index (χ1v) is 10.4. The van der Waals surface area contributed by atoms with Crippen LogP contribution in [0.3, 0.4) is 0 Å². The quantitative estimate of drug-likeness (QED) is 0.460. The van der Waals surface area contributed by atoms with E-state index in [0.717, 1.165) is 40.1 Å². The number of aliphatic imine (C=N–C) groups is 1. The van der Waals surface area contributed by atoms with Crippen molar-refractivity contribution in [2.75, 3.05) is 11.4 Å². The first kappa shape index (κ1) is 19.4. The number of nitrogens with zero attached hydrogens (tertiary/aromatic N) is 2. The van der Waals surface area contributed by atoms with Gasteiger partial charge in [-0.15, -0.1) is 0 Å². The first-order chi connectivity index (χ1) is 12.3. The summed E-state index contributed by atoms with van der Waals surface area (Å²) in [5.74, 6) is 0.501. The Morgan fingerprint density at radius 2 is 2.04 bits per heavy atom. The van der Waals surface area contributed by atoms with Crippen LogP contribution in [0.1, 0.15) is 57.6 Å². The lowest BCUT2D eigenvalue weighted by atomic mass is 9.79. The van der Waals surface area contributed by atoms with Crippen LogP contribution in [0.25, 0.3) is 0 Å². The Balaban J connectivity index is 2.02. The van der Waals surface area contributed by atoms with Gasteiger partial charge in [-0.1, -0.05) is 37.6 Å². The van der Waals surface area contributed by atoms with Crippen molar-refractivity contribution in [3.05, 3.63) is 57.0 Å². The Labute approximate surface area is 170 Å². The first-order valence-electron chi connectivity index (χ1n) is 9.23. The van der Waals surface area contributed by atoms with Crippen molar-refractivity contribution in [2.45, 2.75) is 52.0 Å². The molecule has 0 saturated carbocycles. The van der Waals surface area contributed by atoms with Crippen LogP contribution in [0.2, 0.25) is 5.02 Å². The summed E-state index contributed by atoms with van der Waals surface area (Å²) in [5.41, 5.74) is 4.68. The van der Waals surface area contributed by atoms with E-state index in [-0.39, 0.29) is 5.54 Å². The van der Waals surface area contributed by atoms with E-state index < -0.39 is 0 Å². The smallest absolute Gasteiger partial charge is 0.0771 e. The zero-order chi connectivity index (χ0) is 18.9. The predicted octanol–water partition coefficient (Wildman–Crippen LogP) is 7.36. The van der Waals surface area contributed by atoms with E-state index >= 15 is 0 Å². The summed E-state index contributed by atoms with van der Waals surface area (Å²) in [5, 5.41) is 0.755. The standard InChI is InChI=1S/C22H26BrClN2/c1-5-10-26-21-12-19(24)16(11-17(21)15(2)13-22(26,3)4)14-25-20-9-7-6-8-18(20)23/h6-9,11-12,14-15H,5,10,13H2,1-4H3. The van der Waals surface area contributed by atoms with E-state index in [1.54, 1.807) is 0 Å². The Morgan fingerprint density at radius 1 is 1.31 bits per heavy atom. The molecule has 1 aliphatic rings. The molecule has 1 atom stereocenters. The maximum atomic E-state index is 6.64. The highest BCUT2D eigenvalue weighted by Gasteiger charge is 2.36. The van der Waals surface area contributed by atoms with Gasteiger partial charge in [0.05, 0.1) is 10.7 Å². The molecule has 1 heterocycles. The van der Waals surface area contributed by atoms with Gasteiger partial charge in [0.1, 0.15) is 0 Å². The molecule has 0 bridgehead atoms. The third kappa shape index (κ3) is 3.84. The average Bonchev–Trinajstić information content (AvgIpc) is 2.58. The Morgan fingerprint density at radius 3 is 2.73 bits per heavy atom. The summed E-state index contributed by atoms with van der Waals surface area (Å²) in [6, 6.07) is 12.3. The van der Waals surface area contributed by atoms with Gasteiger partial charge in [0.2, 0.25) is 0 Å². The van der Waals surface area contributed by atoms with Crippen molar-refractivity contribution >= 4 is 45.1 Å². The van der Waals surface area contributed by atoms with Crippen molar-refractivity contribution in [2.24, 2.45) is 4.99 Å². The maximum Gasteiger partial charge on any atom is 0.0771 e. The summed E-state index contributed by atoms with van der Waals surface area (Å²) < 4.78 is 0.981. The molecule has 1 unspecified atom stereocenters. The minimum atomic E-state index is 0.149. The molecule has 0 N–H and O–H groups in total. The number of rotatable bonds is 4. The fraction of sp³-hybridized carbons (Fsp3) is 0.409. The monoisotopic (exact) mass is 432 g/mol. The van der Waals surface area contributed by atoms with Crippen LogP contribution in [-0.4, -0.2) is 18.3 Å². The largest absolute Gasteiger partial charge is 0.366 e. The van der Waals surface area contributed by atoms with Gasteiger partial charge in [0.25, 0.3) is 0 Å². The highest BCUT2D eigenvalue weighted by Crippen LogP contribution is 2.45. The summed E-state index contributed by atoms with van der Waals surface area (Å²) in [6.45, 7) is 10.3. The van der Waals surface area contributed by atoms with Gasteiger partial charge < -0.3 is 4.90 Å². The molecular formula is C22H26BrClN2. The molecule has 2 nitrogen and oxygen atoms in total. The van der Waals surface area contributed by atoms with Gasteiger partial charge in [-0.2, -0.15) is 0 Å². The molecule has 2 aromatic rings. The lowest BCUT2D eigenvalue weighted by Gasteiger charge is -2.47. The van der Waals surface area contributed by atoms with E-state index in [9.17, 15) is 0 Å². The SMILES string of the molecule is CCCN1c2cc(Cl)c(C=Nc3ccccc3Br)cc2C(C)CC1(C)C. The molecule has 26 heavy (non-hydrogen) atoms. The number of halogens is 2. The molecule has 0 aliphatic carbocycles. The molecule has 2 aromatic carbocycles. The summed E-state index contributed by atoms with van der Waals surface area (Å²) in [7, 11) is 0. The number of para-hydroxylation sites is 1. The maximum absolute atomic E-state index is 6.64. The number of anilines is 1. The molecular weight excluding hydrogens is 408 g/mol. The summed E-state index contributed by atoms with van der Waals surface area (Å²) in [6.07, 6.45) is 4.14. The molecule has 4 heteroatoms. The molecule has 1 aliphatic heterocycles. The highest BCUT2D eigenvalue weighted by molar-refractivity contribution is 9.10. The molecule has 0 aromatic heterocycles. The predicted molar refractivity (Wildman–Crippen MR) is 118 cm³/mol. The van der Waals surface area contributed by atoms with E-state index in [0.29, 0.717) is 5.92 Å². The molecule has 0 spiro atoms. The van der Waals surface area contributed by atoms with Crippen molar-refractivity contribution < 1.29 is 0 Å². The van der Waals surface area contributed by atoms with Gasteiger partial charge in [-0.3, -0.25) is 4.99 Å². The van der Waals surface area contributed by atoms with Crippen LogP contribution in [0.4, 0.5) is 11.4 Å². The summed E-state index contributed by atoms with van der Waals surface area (Å²) >= 11 is 10.2. The normalized spacial score (nSPS) is 19.0. The minimum Gasteiger partial charge on any atom is -0.366 e. The number of hydrogen-bond donors (Lipinski definition) is 0. The topological polar surface area (TPSA) is 15.6 Å². The zero-order valence-corrected chi connectivity index (χ0v) is 18.2. The Bertz CT molecular complexity index is 829. The van der Waals surface area contributed by atoms with Crippen LogP contribution < -0.4 is 4.90 Å². The molecule has 0 amide bonds. The molecule has 138 valence electrons. The van der Waals surface area contributed by atoms with Crippen LogP contribution in [-0.2, 0) is 0 Å². The molecule has 0 saturated heterocycles. The number of fused-ring (bicyclic) bond motifs is 1. The Kier molecular flexibility index (Phi) is 5.78. The minimum absolute atomic E-state index is 0.149. The second-order valence-corrected chi connectivity index (χ2v) is 8.97. The number of hydrogen-bond acceptors (Lipinski definition) is 2. The second kappa shape index (κ2) is 7.74. The van der Waals surface area contributed by atoms with E-state index in [2.05, 4.69) is 65.6 Å². The second-order valence-electron chi connectivity index (χ2n) is 7.71. The van der Waals surface area contributed by atoms with Gasteiger partial charge in [0, 0.05) is 34.0 Å². The zero-order valence-electron chi connectivity index (χ0n) is 15.9. The third-order valence-corrected chi connectivity index (χ3v) is 6.14. The van der Waals surface area contributed by atoms with Gasteiger partial charge in [-0.05, 0) is 78.4 Å². The van der Waals surface area contributed by atoms with Crippen LogP contribution in [0, 0.1) is 0 Å². The van der Waals surface area contributed by atoms with E-state index in [4.69, 9.17) is 11.6 Å². The lowest BCUT2D eigenvalue weighted by Crippen LogP contribution is -2.48. The van der Waals surface area contributed by atoms with Crippen molar-refractivity contribution in [3.63, 3.8) is 0 Å².